The van der Waals surface area contributed by atoms with Crippen LogP contribution in [0.3, 0.4) is 0 Å². The molecular weight excluding hydrogens is 398 g/mol. The van der Waals surface area contributed by atoms with E-state index in [0.717, 1.165) is 22.2 Å². The third-order valence-electron chi connectivity index (χ3n) is 5.29. The number of carbonyl (C=O) groups excluding carboxylic acids is 3. The van der Waals surface area contributed by atoms with E-state index in [2.05, 4.69) is 26.6 Å². The molecule has 1 aromatic rings. The number of imide groups is 1. The lowest BCUT2D eigenvalue weighted by Crippen LogP contribution is -2.44. The summed E-state index contributed by atoms with van der Waals surface area (Å²) in [6, 6.07) is 6.71. The molecule has 0 bridgehead atoms. The van der Waals surface area contributed by atoms with Crippen LogP contribution in [0.2, 0.25) is 0 Å². The van der Waals surface area contributed by atoms with Gasteiger partial charge in [0, 0.05) is 11.0 Å². The molecular formula is C19H24BrN3O3. The largest absolute Gasteiger partial charge is 0.354 e. The van der Waals surface area contributed by atoms with Gasteiger partial charge in [-0.3, -0.25) is 14.5 Å². The molecule has 4 amide bonds. The van der Waals surface area contributed by atoms with Crippen molar-refractivity contribution in [3.8, 4) is 0 Å². The fourth-order valence-corrected chi connectivity index (χ4v) is 4.08. The second kappa shape index (κ2) is 7.78. The number of nitrogens with one attached hydrogen (secondary N) is 2. The van der Waals surface area contributed by atoms with Gasteiger partial charge in [-0.1, -0.05) is 47.3 Å². The first-order valence-electron chi connectivity index (χ1n) is 9.07. The second-order valence-corrected chi connectivity index (χ2v) is 8.18. The first kappa shape index (κ1) is 18.9. The molecule has 7 heteroatoms. The quantitative estimate of drug-likeness (QED) is 0.717. The maximum absolute atomic E-state index is 12.8. The van der Waals surface area contributed by atoms with Crippen molar-refractivity contribution in [2.75, 3.05) is 13.1 Å². The number of urea groups is 1. The van der Waals surface area contributed by atoms with E-state index in [9.17, 15) is 14.4 Å². The van der Waals surface area contributed by atoms with Gasteiger partial charge in [0.05, 0.1) is 0 Å². The van der Waals surface area contributed by atoms with E-state index in [0.29, 0.717) is 18.0 Å². The Morgan fingerprint density at radius 2 is 2.04 bits per heavy atom. The van der Waals surface area contributed by atoms with Crippen molar-refractivity contribution >= 4 is 33.8 Å². The topological polar surface area (TPSA) is 78.5 Å². The van der Waals surface area contributed by atoms with Crippen LogP contribution in [0.5, 0.6) is 0 Å². The van der Waals surface area contributed by atoms with Crippen LogP contribution < -0.4 is 10.6 Å². The summed E-state index contributed by atoms with van der Waals surface area (Å²) >= 11 is 3.38. The summed E-state index contributed by atoms with van der Waals surface area (Å²) in [6.45, 7) is 2.03. The van der Waals surface area contributed by atoms with Crippen LogP contribution in [0.15, 0.2) is 28.7 Å². The van der Waals surface area contributed by atoms with E-state index in [1.54, 1.807) is 19.1 Å². The summed E-state index contributed by atoms with van der Waals surface area (Å²) in [5.41, 5.74) is -0.486. The monoisotopic (exact) mass is 421 g/mol. The molecule has 0 aromatic heterocycles. The van der Waals surface area contributed by atoms with Crippen LogP contribution in [0, 0.1) is 5.92 Å². The average molecular weight is 422 g/mol. The van der Waals surface area contributed by atoms with E-state index < -0.39 is 17.5 Å². The summed E-state index contributed by atoms with van der Waals surface area (Å²) in [4.78, 5) is 38.4. The number of benzene rings is 1. The molecule has 2 N–H and O–H groups in total. The van der Waals surface area contributed by atoms with Crippen LogP contribution in [0.25, 0.3) is 0 Å². The highest BCUT2D eigenvalue weighted by Crippen LogP contribution is 2.30. The van der Waals surface area contributed by atoms with Gasteiger partial charge >= 0.3 is 6.03 Å². The zero-order valence-electron chi connectivity index (χ0n) is 14.9. The minimum atomic E-state index is -1.16. The number of rotatable bonds is 5. The molecule has 0 unspecified atom stereocenters. The molecule has 6 nitrogen and oxygen atoms in total. The van der Waals surface area contributed by atoms with Crippen molar-refractivity contribution < 1.29 is 14.4 Å². The minimum Gasteiger partial charge on any atom is -0.354 e. The molecule has 2 fully saturated rings. The van der Waals surface area contributed by atoms with Crippen molar-refractivity contribution in [3.05, 3.63) is 34.3 Å². The lowest BCUT2D eigenvalue weighted by atomic mass is 9.89. The number of halogens is 1. The molecule has 3 rings (SSSR count). The molecule has 1 saturated carbocycles. The highest BCUT2D eigenvalue weighted by Gasteiger charge is 2.49. The van der Waals surface area contributed by atoms with Gasteiger partial charge in [0.15, 0.2) is 0 Å². The third-order valence-corrected chi connectivity index (χ3v) is 5.78. The van der Waals surface area contributed by atoms with Crippen molar-refractivity contribution in [2.45, 2.75) is 44.6 Å². The molecule has 1 atom stereocenters. The molecule has 26 heavy (non-hydrogen) atoms. The molecule has 1 heterocycles. The zero-order valence-corrected chi connectivity index (χ0v) is 16.5. The van der Waals surface area contributed by atoms with Gasteiger partial charge in [-0.15, -0.1) is 0 Å². The van der Waals surface area contributed by atoms with Gasteiger partial charge in [0.1, 0.15) is 12.1 Å². The predicted octanol–water partition coefficient (Wildman–Crippen LogP) is 2.91. The van der Waals surface area contributed by atoms with Gasteiger partial charge in [0.2, 0.25) is 5.91 Å². The van der Waals surface area contributed by atoms with Crippen LogP contribution in [0.1, 0.15) is 44.6 Å². The standard InChI is InChI=1S/C19H24BrN3O3/c1-19(14-8-5-9-15(20)10-14)17(25)23(18(26)22-19)12-16(24)21-11-13-6-3-2-4-7-13/h5,8-10,13H,2-4,6-7,11-12H2,1H3,(H,21,24)(H,22,26)/t19-/m0/s1. The summed E-state index contributed by atoms with van der Waals surface area (Å²) in [5.74, 6) is -0.200. The number of amides is 4. The first-order chi connectivity index (χ1) is 12.4. The molecule has 0 radical (unpaired) electrons. The Hall–Kier alpha value is -1.89. The Bertz CT molecular complexity index is 718. The number of hydrogen-bond donors (Lipinski definition) is 2. The van der Waals surface area contributed by atoms with Crippen molar-refractivity contribution in [2.24, 2.45) is 5.92 Å². The maximum Gasteiger partial charge on any atom is 0.325 e. The van der Waals surface area contributed by atoms with E-state index in [1.807, 2.05) is 12.1 Å². The molecule has 1 aliphatic carbocycles. The Balaban J connectivity index is 1.62. The lowest BCUT2D eigenvalue weighted by molar-refractivity contribution is -0.134. The van der Waals surface area contributed by atoms with E-state index in [1.165, 1.54) is 19.3 Å². The van der Waals surface area contributed by atoms with Crippen LogP contribution >= 0.6 is 15.9 Å². The molecule has 2 aliphatic rings. The fourth-order valence-electron chi connectivity index (χ4n) is 3.68. The molecule has 1 aliphatic heterocycles. The number of nitrogens with zero attached hydrogens (tertiary/aromatic N) is 1. The molecule has 140 valence electrons. The average Bonchev–Trinajstić information content (AvgIpc) is 2.85. The molecule has 1 aromatic carbocycles. The SMILES string of the molecule is C[C@@]1(c2cccc(Br)c2)NC(=O)N(CC(=O)NCC2CCCCC2)C1=O. The summed E-state index contributed by atoms with van der Waals surface area (Å²) in [6.07, 6.45) is 5.94. The Morgan fingerprint density at radius 3 is 2.73 bits per heavy atom. The van der Waals surface area contributed by atoms with Gasteiger partial charge in [0.25, 0.3) is 5.91 Å². The van der Waals surface area contributed by atoms with Crippen LogP contribution in [0.4, 0.5) is 4.79 Å². The van der Waals surface area contributed by atoms with Crippen LogP contribution in [-0.2, 0) is 15.1 Å². The first-order valence-corrected chi connectivity index (χ1v) is 9.86. The molecule has 1 saturated heterocycles. The predicted molar refractivity (Wildman–Crippen MR) is 101 cm³/mol. The van der Waals surface area contributed by atoms with E-state index in [-0.39, 0.29) is 12.5 Å². The van der Waals surface area contributed by atoms with E-state index in [4.69, 9.17) is 0 Å². The number of carbonyl (C=O) groups is 3. The minimum absolute atomic E-state index is 0.249. The summed E-state index contributed by atoms with van der Waals surface area (Å²) < 4.78 is 0.821. The second-order valence-electron chi connectivity index (χ2n) is 7.26. The highest BCUT2D eigenvalue weighted by molar-refractivity contribution is 9.10. The highest BCUT2D eigenvalue weighted by atomic mass is 79.9. The maximum atomic E-state index is 12.8. The third kappa shape index (κ3) is 3.92. The Labute approximate surface area is 161 Å². The normalized spacial score (nSPS) is 23.8. The number of hydrogen-bond acceptors (Lipinski definition) is 3. The van der Waals surface area contributed by atoms with Crippen molar-refractivity contribution in [3.63, 3.8) is 0 Å². The van der Waals surface area contributed by atoms with Gasteiger partial charge in [-0.2, -0.15) is 0 Å². The summed E-state index contributed by atoms with van der Waals surface area (Å²) in [5, 5.41) is 5.60. The van der Waals surface area contributed by atoms with E-state index >= 15 is 0 Å². The van der Waals surface area contributed by atoms with Crippen molar-refractivity contribution in [1.29, 1.82) is 0 Å². The Morgan fingerprint density at radius 1 is 1.31 bits per heavy atom. The Kier molecular flexibility index (Phi) is 5.65. The fraction of sp³-hybridized carbons (Fsp3) is 0.526. The smallest absolute Gasteiger partial charge is 0.325 e. The van der Waals surface area contributed by atoms with Crippen LogP contribution in [-0.4, -0.2) is 35.8 Å². The van der Waals surface area contributed by atoms with Gasteiger partial charge in [-0.05, 0) is 43.4 Å². The molecule has 0 spiro atoms. The van der Waals surface area contributed by atoms with Gasteiger partial charge < -0.3 is 10.6 Å². The zero-order chi connectivity index (χ0) is 18.7. The summed E-state index contributed by atoms with van der Waals surface area (Å²) in [7, 11) is 0. The van der Waals surface area contributed by atoms with Crippen molar-refractivity contribution in [1.82, 2.24) is 15.5 Å². The lowest BCUT2D eigenvalue weighted by Gasteiger charge is -2.23. The van der Waals surface area contributed by atoms with Gasteiger partial charge in [-0.25, -0.2) is 4.79 Å².